The van der Waals surface area contributed by atoms with Gasteiger partial charge < -0.3 is 14.2 Å². The zero-order valence-electron chi connectivity index (χ0n) is 14.9. The molecule has 0 amide bonds. The van der Waals surface area contributed by atoms with Crippen molar-refractivity contribution >= 4 is 17.6 Å². The van der Waals surface area contributed by atoms with Crippen molar-refractivity contribution in [3.63, 3.8) is 0 Å². The van der Waals surface area contributed by atoms with Gasteiger partial charge in [-0.25, -0.2) is 9.59 Å². The van der Waals surface area contributed by atoms with Gasteiger partial charge in [-0.15, -0.1) is 0 Å². The molecule has 0 saturated heterocycles. The number of halogens is 1. The summed E-state index contributed by atoms with van der Waals surface area (Å²) in [7, 11) is 4.29. The summed E-state index contributed by atoms with van der Waals surface area (Å²) in [5.74, 6) is -0.0455. The predicted octanol–water partition coefficient (Wildman–Crippen LogP) is 1.50. The van der Waals surface area contributed by atoms with Crippen molar-refractivity contribution in [1.29, 1.82) is 0 Å². The Bertz CT molecular complexity index is 947. The lowest BCUT2D eigenvalue weighted by molar-refractivity contribution is 0.0462. The van der Waals surface area contributed by atoms with Crippen LogP contribution in [-0.4, -0.2) is 28.8 Å². The highest BCUT2D eigenvalue weighted by Crippen LogP contribution is 2.36. The van der Waals surface area contributed by atoms with Crippen LogP contribution < -0.4 is 20.7 Å². The van der Waals surface area contributed by atoms with E-state index in [2.05, 4.69) is 0 Å². The Morgan fingerprint density at radius 1 is 1.15 bits per heavy atom. The van der Waals surface area contributed by atoms with Crippen molar-refractivity contribution in [3.8, 4) is 11.5 Å². The molecule has 1 heterocycles. The Balaban J connectivity index is 2.25. The van der Waals surface area contributed by atoms with Crippen molar-refractivity contribution < 1.29 is 19.0 Å². The van der Waals surface area contributed by atoms with E-state index in [0.29, 0.717) is 18.1 Å². The Morgan fingerprint density at radius 3 is 2.46 bits per heavy atom. The van der Waals surface area contributed by atoms with Gasteiger partial charge in [-0.2, -0.15) is 0 Å². The fraction of sp³-hybridized carbons (Fsp3) is 0.353. The van der Waals surface area contributed by atoms with Crippen molar-refractivity contribution in [2.45, 2.75) is 13.5 Å². The second-order valence-corrected chi connectivity index (χ2v) is 5.78. The van der Waals surface area contributed by atoms with E-state index in [9.17, 15) is 14.4 Å². The molecule has 0 bridgehead atoms. The second-order valence-electron chi connectivity index (χ2n) is 5.37. The summed E-state index contributed by atoms with van der Waals surface area (Å²) in [6.45, 7) is 1.94. The molecule has 0 unspecified atom stereocenters. The Hall–Kier alpha value is -2.74. The number of methoxy groups -OCH3 is 1. The summed E-state index contributed by atoms with van der Waals surface area (Å²) in [5, 5.41) is 0.208. The SMILES string of the molecule is CCOc1c(Cl)cc(C(=O)OCc2cc(=O)n(C)c(=O)n2C)cc1OC. The maximum Gasteiger partial charge on any atom is 0.338 e. The van der Waals surface area contributed by atoms with Gasteiger partial charge in [0.05, 0.1) is 30.0 Å². The standard InChI is InChI=1S/C17H19ClN2O6/c1-5-25-15-12(18)6-10(7-13(15)24-4)16(22)26-9-11-8-14(21)20(3)17(23)19(11)2/h6-8H,5,9H2,1-4H3. The minimum atomic E-state index is -0.679. The number of hydrogen-bond acceptors (Lipinski definition) is 6. The third-order valence-corrected chi connectivity index (χ3v) is 4.01. The molecular weight excluding hydrogens is 364 g/mol. The number of esters is 1. The van der Waals surface area contributed by atoms with Gasteiger partial charge in [0.15, 0.2) is 11.5 Å². The molecule has 0 spiro atoms. The number of ether oxygens (including phenoxy) is 3. The van der Waals surface area contributed by atoms with E-state index in [1.807, 2.05) is 0 Å². The lowest BCUT2D eigenvalue weighted by Gasteiger charge is -2.13. The molecule has 0 fully saturated rings. The molecule has 0 atom stereocenters. The lowest BCUT2D eigenvalue weighted by atomic mass is 10.2. The zero-order valence-corrected chi connectivity index (χ0v) is 15.6. The molecule has 0 saturated carbocycles. The molecule has 1 aromatic carbocycles. The fourth-order valence-corrected chi connectivity index (χ4v) is 2.53. The first-order valence-electron chi connectivity index (χ1n) is 7.73. The summed E-state index contributed by atoms with van der Waals surface area (Å²) in [5.41, 5.74) is -0.557. The van der Waals surface area contributed by atoms with E-state index in [0.717, 1.165) is 4.57 Å². The molecule has 9 heteroatoms. The predicted molar refractivity (Wildman–Crippen MR) is 95.2 cm³/mol. The summed E-state index contributed by atoms with van der Waals surface area (Å²) in [4.78, 5) is 35.9. The van der Waals surface area contributed by atoms with E-state index < -0.39 is 17.2 Å². The third kappa shape index (κ3) is 3.91. The molecule has 140 valence electrons. The quantitative estimate of drug-likeness (QED) is 0.703. The minimum absolute atomic E-state index is 0.157. The van der Waals surface area contributed by atoms with Crippen molar-refractivity contribution in [3.05, 3.63) is 55.3 Å². The number of benzene rings is 1. The van der Waals surface area contributed by atoms with Crippen LogP contribution in [0, 0.1) is 0 Å². The summed E-state index contributed by atoms with van der Waals surface area (Å²) in [6, 6.07) is 4.09. The van der Waals surface area contributed by atoms with E-state index in [4.69, 9.17) is 25.8 Å². The van der Waals surface area contributed by atoms with Crippen LogP contribution in [0.25, 0.3) is 0 Å². The van der Waals surface area contributed by atoms with Crippen molar-refractivity contribution in [1.82, 2.24) is 9.13 Å². The van der Waals surface area contributed by atoms with Crippen molar-refractivity contribution in [2.75, 3.05) is 13.7 Å². The van der Waals surface area contributed by atoms with Crippen LogP contribution in [0.4, 0.5) is 0 Å². The number of hydrogen-bond donors (Lipinski definition) is 0. The Labute approximate surface area is 154 Å². The molecule has 0 aliphatic carbocycles. The molecule has 0 N–H and O–H groups in total. The Kier molecular flexibility index (Phi) is 6.10. The van der Waals surface area contributed by atoms with Gasteiger partial charge in [0.2, 0.25) is 0 Å². The zero-order chi connectivity index (χ0) is 19.4. The Morgan fingerprint density at radius 2 is 1.85 bits per heavy atom. The maximum atomic E-state index is 12.3. The van der Waals surface area contributed by atoms with Crippen LogP contribution in [0.15, 0.2) is 27.8 Å². The van der Waals surface area contributed by atoms with Crippen LogP contribution in [-0.2, 0) is 25.4 Å². The van der Waals surface area contributed by atoms with Crippen LogP contribution in [0.2, 0.25) is 5.02 Å². The molecule has 0 aliphatic heterocycles. The molecular formula is C17H19ClN2O6. The molecule has 26 heavy (non-hydrogen) atoms. The van der Waals surface area contributed by atoms with E-state index in [1.54, 1.807) is 6.92 Å². The van der Waals surface area contributed by atoms with Gasteiger partial charge in [0.1, 0.15) is 6.61 Å². The van der Waals surface area contributed by atoms with Crippen molar-refractivity contribution in [2.24, 2.45) is 14.1 Å². The third-order valence-electron chi connectivity index (χ3n) is 3.73. The van der Waals surface area contributed by atoms with Gasteiger partial charge >= 0.3 is 11.7 Å². The number of carbonyl (C=O) groups excluding carboxylic acids is 1. The molecule has 1 aromatic heterocycles. The summed E-state index contributed by atoms with van der Waals surface area (Å²) >= 11 is 6.14. The average Bonchev–Trinajstić information content (AvgIpc) is 2.63. The highest BCUT2D eigenvalue weighted by atomic mass is 35.5. The first-order chi connectivity index (χ1) is 12.3. The van der Waals surface area contributed by atoms with E-state index in [1.165, 1.54) is 44.0 Å². The lowest BCUT2D eigenvalue weighted by Crippen LogP contribution is -2.38. The first kappa shape index (κ1) is 19.6. The van der Waals surface area contributed by atoms with Gasteiger partial charge in [-0.3, -0.25) is 13.9 Å². The number of aromatic nitrogens is 2. The molecule has 0 aliphatic rings. The summed E-state index contributed by atoms with van der Waals surface area (Å²) in [6.07, 6.45) is 0. The van der Waals surface area contributed by atoms with Crippen LogP contribution in [0.1, 0.15) is 23.0 Å². The number of nitrogens with zero attached hydrogens (tertiary/aromatic N) is 2. The highest BCUT2D eigenvalue weighted by molar-refractivity contribution is 6.32. The molecule has 2 rings (SSSR count). The number of carbonyl (C=O) groups is 1. The highest BCUT2D eigenvalue weighted by Gasteiger charge is 2.17. The van der Waals surface area contributed by atoms with E-state index >= 15 is 0 Å². The van der Waals surface area contributed by atoms with Gasteiger partial charge in [0.25, 0.3) is 5.56 Å². The number of rotatable bonds is 6. The van der Waals surface area contributed by atoms with E-state index in [-0.39, 0.29) is 22.9 Å². The summed E-state index contributed by atoms with van der Waals surface area (Å²) < 4.78 is 18.0. The van der Waals surface area contributed by atoms with Gasteiger partial charge in [-0.05, 0) is 19.1 Å². The topological polar surface area (TPSA) is 88.8 Å². The van der Waals surface area contributed by atoms with Crippen LogP contribution >= 0.6 is 11.6 Å². The second kappa shape index (κ2) is 8.09. The molecule has 0 radical (unpaired) electrons. The minimum Gasteiger partial charge on any atom is -0.493 e. The van der Waals surface area contributed by atoms with Crippen LogP contribution in [0.5, 0.6) is 11.5 Å². The maximum absolute atomic E-state index is 12.3. The first-order valence-corrected chi connectivity index (χ1v) is 8.11. The largest absolute Gasteiger partial charge is 0.493 e. The van der Waals surface area contributed by atoms with Gasteiger partial charge in [0, 0.05) is 20.2 Å². The average molecular weight is 383 g/mol. The monoisotopic (exact) mass is 382 g/mol. The normalized spacial score (nSPS) is 10.5. The smallest absolute Gasteiger partial charge is 0.338 e. The van der Waals surface area contributed by atoms with Crippen LogP contribution in [0.3, 0.4) is 0 Å². The molecule has 2 aromatic rings. The fourth-order valence-electron chi connectivity index (χ4n) is 2.26. The van der Waals surface area contributed by atoms with Gasteiger partial charge in [-0.1, -0.05) is 11.6 Å². The molecule has 8 nitrogen and oxygen atoms in total.